The summed E-state index contributed by atoms with van der Waals surface area (Å²) in [5.74, 6) is 1.10. The van der Waals surface area contributed by atoms with Crippen LogP contribution in [0.4, 0.5) is 0 Å². The Morgan fingerprint density at radius 3 is 1.87 bits per heavy atom. The number of ether oxygens (including phenoxy) is 1. The average Bonchev–Trinajstić information content (AvgIpc) is 2.95. The molecule has 4 heteroatoms. The molecule has 0 aromatic heterocycles. The second-order valence-electron chi connectivity index (χ2n) is 12.0. The highest BCUT2D eigenvalue weighted by molar-refractivity contribution is 6.77. The summed E-state index contributed by atoms with van der Waals surface area (Å²) in [5.41, 5.74) is 5.41. The minimum absolute atomic E-state index is 0.0936. The van der Waals surface area contributed by atoms with Gasteiger partial charge in [0.05, 0.1) is 12.1 Å². The summed E-state index contributed by atoms with van der Waals surface area (Å²) in [6, 6.07) is 30.1. The molecule has 3 aromatic rings. The van der Waals surface area contributed by atoms with Crippen molar-refractivity contribution in [2.45, 2.75) is 89.8 Å². The lowest BCUT2D eigenvalue weighted by molar-refractivity contribution is 0.0987. The van der Waals surface area contributed by atoms with E-state index < -0.39 is 8.32 Å². The van der Waals surface area contributed by atoms with Gasteiger partial charge in [0.2, 0.25) is 8.32 Å². The van der Waals surface area contributed by atoms with E-state index in [-0.39, 0.29) is 18.1 Å². The summed E-state index contributed by atoms with van der Waals surface area (Å²) >= 11 is 0. The van der Waals surface area contributed by atoms with Crippen LogP contribution < -0.4 is 4.74 Å². The van der Waals surface area contributed by atoms with Crippen LogP contribution in [0.15, 0.2) is 97.2 Å². The van der Waals surface area contributed by atoms with Crippen LogP contribution in [0.5, 0.6) is 5.75 Å². The molecule has 0 aliphatic carbocycles. The molecule has 39 heavy (non-hydrogen) atoms. The maximum absolute atomic E-state index is 7.50. The Balaban J connectivity index is 1.61. The van der Waals surface area contributed by atoms with Gasteiger partial charge in [-0.1, -0.05) is 120 Å². The zero-order valence-corrected chi connectivity index (χ0v) is 25.9. The van der Waals surface area contributed by atoms with Gasteiger partial charge in [0.1, 0.15) is 12.4 Å². The SMILES string of the molecule is CC(c1ccccc1)N1C=CC(c2ccc(OCc3ccccc3)cc2)C(O[Si](C(C)C)(C(C)C)C(C)C)C1. The monoisotopic (exact) mass is 541 g/mol. The highest BCUT2D eigenvalue weighted by Gasteiger charge is 2.48. The van der Waals surface area contributed by atoms with Crippen LogP contribution in [0.1, 0.15) is 77.1 Å². The third-order valence-corrected chi connectivity index (χ3v) is 14.8. The Hall–Kier alpha value is -2.82. The lowest BCUT2D eigenvalue weighted by atomic mass is 9.90. The Kier molecular flexibility index (Phi) is 9.74. The number of hydrogen-bond donors (Lipinski definition) is 0. The van der Waals surface area contributed by atoms with Crippen molar-refractivity contribution in [1.82, 2.24) is 4.90 Å². The van der Waals surface area contributed by atoms with E-state index in [0.29, 0.717) is 23.2 Å². The minimum atomic E-state index is -2.08. The molecule has 0 saturated heterocycles. The predicted octanol–water partition coefficient (Wildman–Crippen LogP) is 9.50. The summed E-state index contributed by atoms with van der Waals surface area (Å²) in [5, 5.41) is 0. The van der Waals surface area contributed by atoms with Gasteiger partial charge in [-0.25, -0.2) is 0 Å². The van der Waals surface area contributed by atoms with Crippen molar-refractivity contribution in [3.8, 4) is 5.75 Å². The molecule has 3 atom stereocenters. The van der Waals surface area contributed by atoms with E-state index in [2.05, 4.69) is 132 Å². The first kappa shape index (κ1) is 29.2. The molecule has 1 heterocycles. The minimum Gasteiger partial charge on any atom is -0.489 e. The molecule has 0 spiro atoms. The summed E-state index contributed by atoms with van der Waals surface area (Å²) in [6.07, 6.45) is 4.76. The van der Waals surface area contributed by atoms with Gasteiger partial charge in [0.25, 0.3) is 0 Å². The van der Waals surface area contributed by atoms with Crippen molar-refractivity contribution < 1.29 is 9.16 Å². The zero-order valence-electron chi connectivity index (χ0n) is 24.9. The van der Waals surface area contributed by atoms with Gasteiger partial charge >= 0.3 is 0 Å². The first-order valence-corrected chi connectivity index (χ1v) is 16.8. The molecular weight excluding hydrogens is 494 g/mol. The molecule has 208 valence electrons. The Bertz CT molecular complexity index is 1150. The Morgan fingerprint density at radius 1 is 0.744 bits per heavy atom. The molecule has 3 unspecified atom stereocenters. The lowest BCUT2D eigenvalue weighted by Gasteiger charge is -2.48. The summed E-state index contributed by atoms with van der Waals surface area (Å²) < 4.78 is 13.6. The summed E-state index contributed by atoms with van der Waals surface area (Å²) in [6.45, 7) is 18.0. The summed E-state index contributed by atoms with van der Waals surface area (Å²) in [4.78, 5) is 2.47. The topological polar surface area (TPSA) is 21.7 Å². The van der Waals surface area contributed by atoms with Gasteiger partial charge < -0.3 is 14.1 Å². The smallest absolute Gasteiger partial charge is 0.200 e. The molecule has 3 aromatic carbocycles. The van der Waals surface area contributed by atoms with Crippen molar-refractivity contribution in [2.24, 2.45) is 0 Å². The van der Waals surface area contributed by atoms with E-state index >= 15 is 0 Å². The lowest BCUT2D eigenvalue weighted by Crippen LogP contribution is -2.53. The fourth-order valence-electron chi connectivity index (χ4n) is 6.55. The van der Waals surface area contributed by atoms with Gasteiger partial charge in [0, 0.05) is 12.5 Å². The van der Waals surface area contributed by atoms with Crippen molar-refractivity contribution in [2.75, 3.05) is 6.54 Å². The van der Waals surface area contributed by atoms with Crippen LogP contribution in [0.25, 0.3) is 0 Å². The summed E-state index contributed by atoms with van der Waals surface area (Å²) in [7, 11) is -2.08. The molecule has 0 bridgehead atoms. The number of benzene rings is 3. The molecule has 4 rings (SSSR count). The molecule has 3 nitrogen and oxygen atoms in total. The predicted molar refractivity (Wildman–Crippen MR) is 167 cm³/mol. The van der Waals surface area contributed by atoms with Gasteiger partial charge in [-0.05, 0) is 58.6 Å². The van der Waals surface area contributed by atoms with Crippen LogP contribution in [0, 0.1) is 0 Å². The van der Waals surface area contributed by atoms with Crippen LogP contribution in [-0.2, 0) is 11.0 Å². The van der Waals surface area contributed by atoms with Crippen molar-refractivity contribution in [1.29, 1.82) is 0 Å². The van der Waals surface area contributed by atoms with Crippen molar-refractivity contribution in [3.05, 3.63) is 114 Å². The van der Waals surface area contributed by atoms with Crippen LogP contribution >= 0.6 is 0 Å². The Morgan fingerprint density at radius 2 is 1.31 bits per heavy atom. The standard InChI is InChI=1S/C35H47NO2Si/c1-26(2)39(27(3)4,28(5)6)38-35-24-36(29(7)31-16-12-9-13-17-31)23-22-34(35)32-18-20-33(21-19-32)37-25-30-14-10-8-11-15-30/h8-23,26-29,34-35H,24-25H2,1-7H3. The quantitative estimate of drug-likeness (QED) is 0.226. The van der Waals surface area contributed by atoms with E-state index in [1.165, 1.54) is 16.7 Å². The van der Waals surface area contributed by atoms with E-state index in [9.17, 15) is 0 Å². The normalized spacial score (nSPS) is 18.7. The van der Waals surface area contributed by atoms with Crippen LogP contribution in [-0.4, -0.2) is 25.9 Å². The van der Waals surface area contributed by atoms with Gasteiger partial charge in [-0.15, -0.1) is 0 Å². The second-order valence-corrected chi connectivity index (χ2v) is 17.4. The number of hydrogen-bond acceptors (Lipinski definition) is 3. The molecule has 0 saturated carbocycles. The van der Waals surface area contributed by atoms with Crippen molar-refractivity contribution >= 4 is 8.32 Å². The largest absolute Gasteiger partial charge is 0.489 e. The maximum Gasteiger partial charge on any atom is 0.200 e. The molecule has 0 radical (unpaired) electrons. The van der Waals surface area contributed by atoms with Crippen molar-refractivity contribution in [3.63, 3.8) is 0 Å². The average molecular weight is 542 g/mol. The van der Waals surface area contributed by atoms with E-state index in [0.717, 1.165) is 12.3 Å². The zero-order chi connectivity index (χ0) is 28.0. The second kappa shape index (κ2) is 13.0. The number of nitrogens with zero attached hydrogens (tertiary/aromatic N) is 1. The van der Waals surface area contributed by atoms with E-state index in [4.69, 9.17) is 9.16 Å². The van der Waals surface area contributed by atoms with Crippen LogP contribution in [0.2, 0.25) is 16.6 Å². The highest BCUT2D eigenvalue weighted by atomic mass is 28.4. The van der Waals surface area contributed by atoms with Gasteiger partial charge in [-0.2, -0.15) is 0 Å². The van der Waals surface area contributed by atoms with E-state index in [1.54, 1.807) is 0 Å². The van der Waals surface area contributed by atoms with Gasteiger partial charge in [0.15, 0.2) is 0 Å². The third-order valence-electron chi connectivity index (χ3n) is 8.63. The Labute approximate surface area is 238 Å². The maximum atomic E-state index is 7.50. The molecule has 1 aliphatic rings. The molecule has 0 amide bonds. The van der Waals surface area contributed by atoms with Gasteiger partial charge in [-0.3, -0.25) is 0 Å². The molecule has 0 N–H and O–H groups in total. The fraction of sp³-hybridized carbons (Fsp3) is 0.429. The third kappa shape index (κ3) is 6.67. The van der Waals surface area contributed by atoms with E-state index in [1.807, 2.05) is 18.2 Å². The number of rotatable bonds is 11. The molecule has 1 aliphatic heterocycles. The molecular formula is C35H47NO2Si. The van der Waals surface area contributed by atoms with Crippen LogP contribution in [0.3, 0.4) is 0 Å². The first-order valence-electron chi connectivity index (χ1n) is 14.7. The highest BCUT2D eigenvalue weighted by Crippen LogP contribution is 2.45. The molecule has 0 fully saturated rings. The first-order chi connectivity index (χ1) is 18.7. The fourth-order valence-corrected chi connectivity index (χ4v) is 12.1.